The van der Waals surface area contributed by atoms with Crippen LogP contribution in [0, 0.1) is 0 Å². The summed E-state index contributed by atoms with van der Waals surface area (Å²) in [4.78, 5) is 13.7. The Labute approximate surface area is 124 Å². The zero-order valence-electron chi connectivity index (χ0n) is 11.4. The molecule has 1 aromatic heterocycles. The third-order valence-electron chi connectivity index (χ3n) is 3.11. The van der Waals surface area contributed by atoms with Crippen LogP contribution in [-0.2, 0) is 0 Å². The van der Waals surface area contributed by atoms with Gasteiger partial charge in [0.15, 0.2) is 11.5 Å². The number of carbonyl (C=O) groups is 1. The van der Waals surface area contributed by atoms with Crippen molar-refractivity contribution in [3.63, 3.8) is 0 Å². The molecule has 2 N–H and O–H groups in total. The van der Waals surface area contributed by atoms with E-state index in [-0.39, 0.29) is 24.4 Å². The molecule has 0 bridgehead atoms. The molecule has 0 aliphatic carbocycles. The summed E-state index contributed by atoms with van der Waals surface area (Å²) in [5.41, 5.74) is 6.73. The van der Waals surface area contributed by atoms with Crippen LogP contribution in [0.4, 0.5) is 0 Å². The summed E-state index contributed by atoms with van der Waals surface area (Å²) in [6.07, 6.45) is 0. The summed E-state index contributed by atoms with van der Waals surface area (Å²) in [6, 6.07) is 11.1. The third-order valence-corrected chi connectivity index (χ3v) is 3.11. The summed E-state index contributed by atoms with van der Waals surface area (Å²) in [6.45, 7) is 2.29. The van der Waals surface area contributed by atoms with Gasteiger partial charge >= 0.3 is 0 Å². The number of hydrogen-bond donors (Lipinski definition) is 1. The normalized spacial score (nSPS) is 11.6. The fourth-order valence-corrected chi connectivity index (χ4v) is 1.65. The molecule has 0 spiro atoms. The predicted octanol–water partition coefficient (Wildman–Crippen LogP) is 2.18. The molecule has 2 rings (SSSR count). The van der Waals surface area contributed by atoms with E-state index in [4.69, 9.17) is 10.3 Å². The summed E-state index contributed by atoms with van der Waals surface area (Å²) in [5.74, 6) is 0.390. The number of benzene rings is 1. The van der Waals surface area contributed by atoms with Crippen molar-refractivity contribution in [2.24, 2.45) is 5.73 Å². The quantitative estimate of drug-likeness (QED) is 0.938. The van der Waals surface area contributed by atoms with Crippen LogP contribution in [0.1, 0.15) is 17.4 Å². The molecule has 1 atom stereocenters. The lowest BCUT2D eigenvalue weighted by molar-refractivity contribution is 0.0738. The van der Waals surface area contributed by atoms with E-state index in [0.717, 1.165) is 5.56 Å². The van der Waals surface area contributed by atoms with E-state index in [1.165, 1.54) is 0 Å². The van der Waals surface area contributed by atoms with Crippen LogP contribution >= 0.6 is 12.4 Å². The van der Waals surface area contributed by atoms with Crippen LogP contribution in [0.15, 0.2) is 40.9 Å². The topological polar surface area (TPSA) is 72.4 Å². The SMILES string of the molecule is CC(CN)N(C)C(=O)c1cc(-c2ccccc2)on1.Cl. The van der Waals surface area contributed by atoms with Crippen LogP contribution in [0.25, 0.3) is 11.3 Å². The lowest BCUT2D eigenvalue weighted by atomic mass is 10.1. The van der Waals surface area contributed by atoms with Crippen molar-refractivity contribution in [2.45, 2.75) is 13.0 Å². The molecule has 2 aromatic rings. The zero-order chi connectivity index (χ0) is 13.8. The summed E-state index contributed by atoms with van der Waals surface area (Å²) in [5, 5.41) is 3.82. The number of hydrogen-bond acceptors (Lipinski definition) is 4. The van der Waals surface area contributed by atoms with Gasteiger partial charge in [-0.15, -0.1) is 12.4 Å². The van der Waals surface area contributed by atoms with Crippen molar-refractivity contribution in [1.29, 1.82) is 0 Å². The maximum Gasteiger partial charge on any atom is 0.276 e. The minimum Gasteiger partial charge on any atom is -0.355 e. The molecule has 1 unspecified atom stereocenters. The number of carbonyl (C=O) groups excluding carboxylic acids is 1. The Morgan fingerprint density at radius 1 is 1.40 bits per heavy atom. The van der Waals surface area contributed by atoms with Crippen molar-refractivity contribution in [3.05, 3.63) is 42.1 Å². The van der Waals surface area contributed by atoms with Gasteiger partial charge < -0.3 is 15.2 Å². The summed E-state index contributed by atoms with van der Waals surface area (Å²) < 4.78 is 5.21. The number of amides is 1. The van der Waals surface area contributed by atoms with Gasteiger partial charge in [0.05, 0.1) is 0 Å². The Bertz CT molecular complexity index is 557. The highest BCUT2D eigenvalue weighted by Crippen LogP contribution is 2.20. The molecule has 5 nitrogen and oxygen atoms in total. The van der Waals surface area contributed by atoms with Crippen LogP contribution in [-0.4, -0.2) is 35.6 Å². The van der Waals surface area contributed by atoms with Gasteiger partial charge in [0, 0.05) is 31.3 Å². The van der Waals surface area contributed by atoms with E-state index in [0.29, 0.717) is 18.0 Å². The number of likely N-dealkylation sites (N-methyl/N-ethyl adjacent to an activating group) is 1. The van der Waals surface area contributed by atoms with E-state index in [1.807, 2.05) is 37.3 Å². The maximum atomic E-state index is 12.1. The van der Waals surface area contributed by atoms with E-state index in [9.17, 15) is 4.79 Å². The Kier molecular flexibility index (Phi) is 5.73. The average molecular weight is 296 g/mol. The molecule has 0 fully saturated rings. The smallest absolute Gasteiger partial charge is 0.276 e. The van der Waals surface area contributed by atoms with Gasteiger partial charge in [0.2, 0.25) is 0 Å². The lowest BCUT2D eigenvalue weighted by Gasteiger charge is -2.22. The number of halogens is 1. The molecule has 20 heavy (non-hydrogen) atoms. The molecule has 0 saturated carbocycles. The molecule has 6 heteroatoms. The number of rotatable bonds is 4. The molecular formula is C14H18ClN3O2. The van der Waals surface area contributed by atoms with E-state index in [2.05, 4.69) is 5.16 Å². The Hall–Kier alpha value is -1.85. The zero-order valence-corrected chi connectivity index (χ0v) is 12.3. The van der Waals surface area contributed by atoms with E-state index >= 15 is 0 Å². The molecule has 0 aliphatic heterocycles. The third kappa shape index (κ3) is 3.37. The van der Waals surface area contributed by atoms with Gasteiger partial charge in [-0.25, -0.2) is 0 Å². The molecule has 1 aromatic carbocycles. The first kappa shape index (κ1) is 16.2. The number of aromatic nitrogens is 1. The molecule has 1 amide bonds. The first-order valence-corrected chi connectivity index (χ1v) is 6.13. The molecule has 0 saturated heterocycles. The Balaban J connectivity index is 0.00000200. The van der Waals surface area contributed by atoms with Crippen LogP contribution in [0.3, 0.4) is 0 Å². The Morgan fingerprint density at radius 2 is 2.05 bits per heavy atom. The highest BCUT2D eigenvalue weighted by molar-refractivity contribution is 5.93. The molecule has 108 valence electrons. The van der Waals surface area contributed by atoms with Gasteiger partial charge in [-0.2, -0.15) is 0 Å². The molecular weight excluding hydrogens is 278 g/mol. The van der Waals surface area contributed by atoms with Crippen molar-refractivity contribution in [2.75, 3.05) is 13.6 Å². The van der Waals surface area contributed by atoms with Gasteiger partial charge in [-0.3, -0.25) is 4.79 Å². The first-order chi connectivity index (χ1) is 9.13. The van der Waals surface area contributed by atoms with Crippen molar-refractivity contribution < 1.29 is 9.32 Å². The lowest BCUT2D eigenvalue weighted by Crippen LogP contribution is -2.39. The Morgan fingerprint density at radius 3 is 2.65 bits per heavy atom. The minimum absolute atomic E-state index is 0. The van der Waals surface area contributed by atoms with Crippen molar-refractivity contribution >= 4 is 18.3 Å². The summed E-state index contributed by atoms with van der Waals surface area (Å²) in [7, 11) is 1.71. The van der Waals surface area contributed by atoms with E-state index in [1.54, 1.807) is 18.0 Å². The predicted molar refractivity (Wildman–Crippen MR) is 79.8 cm³/mol. The van der Waals surface area contributed by atoms with E-state index < -0.39 is 0 Å². The molecule has 1 heterocycles. The number of nitrogens with two attached hydrogens (primary N) is 1. The monoisotopic (exact) mass is 295 g/mol. The second-order valence-corrected chi connectivity index (χ2v) is 4.44. The summed E-state index contributed by atoms with van der Waals surface area (Å²) >= 11 is 0. The fraction of sp³-hybridized carbons (Fsp3) is 0.286. The van der Waals surface area contributed by atoms with Crippen LogP contribution < -0.4 is 5.73 Å². The second-order valence-electron chi connectivity index (χ2n) is 4.44. The minimum atomic E-state index is -0.191. The molecule has 0 radical (unpaired) electrons. The fourth-order valence-electron chi connectivity index (χ4n) is 1.65. The first-order valence-electron chi connectivity index (χ1n) is 6.13. The molecule has 0 aliphatic rings. The largest absolute Gasteiger partial charge is 0.355 e. The highest BCUT2D eigenvalue weighted by Gasteiger charge is 2.20. The second kappa shape index (κ2) is 7.07. The maximum absolute atomic E-state index is 12.1. The number of nitrogens with zero attached hydrogens (tertiary/aromatic N) is 2. The van der Waals surface area contributed by atoms with Crippen LogP contribution in [0.2, 0.25) is 0 Å². The van der Waals surface area contributed by atoms with Crippen molar-refractivity contribution in [1.82, 2.24) is 10.1 Å². The van der Waals surface area contributed by atoms with Crippen molar-refractivity contribution in [3.8, 4) is 11.3 Å². The van der Waals surface area contributed by atoms with Gasteiger partial charge in [-0.05, 0) is 6.92 Å². The standard InChI is InChI=1S/C14H17N3O2.ClH/c1-10(9-15)17(2)14(18)12-8-13(19-16-12)11-6-4-3-5-7-11;/h3-8,10H,9,15H2,1-2H3;1H. The van der Waals surface area contributed by atoms with Gasteiger partial charge in [0.25, 0.3) is 5.91 Å². The highest BCUT2D eigenvalue weighted by atomic mass is 35.5. The van der Waals surface area contributed by atoms with Gasteiger partial charge in [0.1, 0.15) is 0 Å². The van der Waals surface area contributed by atoms with Gasteiger partial charge in [-0.1, -0.05) is 35.5 Å². The van der Waals surface area contributed by atoms with Crippen LogP contribution in [0.5, 0.6) is 0 Å². The average Bonchev–Trinajstić information content (AvgIpc) is 2.95.